The molecule has 0 aromatic heterocycles. The lowest BCUT2D eigenvalue weighted by molar-refractivity contribution is 0.0874. The summed E-state index contributed by atoms with van der Waals surface area (Å²) in [4.78, 5) is 0.122. The normalized spacial score (nSPS) is 19.0. The molecule has 0 radical (unpaired) electrons. The summed E-state index contributed by atoms with van der Waals surface area (Å²) in [6.07, 6.45) is 3.44. The molecule has 0 N–H and O–H groups in total. The zero-order valence-corrected chi connectivity index (χ0v) is 17.3. The molecule has 0 spiro atoms. The second-order valence-corrected chi connectivity index (χ2v) is 8.96. The fourth-order valence-electron chi connectivity index (χ4n) is 3.87. The minimum absolute atomic E-state index is 0.122. The zero-order chi connectivity index (χ0) is 20.9. The van der Waals surface area contributed by atoms with Crippen LogP contribution in [0.1, 0.15) is 28.9 Å². The standard InChI is InChI=1S/C24H20O5S/c1-15-3-9-19(10-4-15)30(25,26)29-23-14-17(16-5-7-18(27-2)8-6-16)13-20-21-11-12-22(28-21)24(20)23/h3-14,21-22H,1-2H3. The number of ether oxygens (including phenoxy) is 2. The zero-order valence-electron chi connectivity index (χ0n) is 16.5. The molecule has 2 aliphatic rings. The number of methoxy groups -OCH3 is 1. The van der Waals surface area contributed by atoms with Crippen molar-refractivity contribution in [2.45, 2.75) is 24.0 Å². The molecule has 2 heterocycles. The fourth-order valence-corrected chi connectivity index (χ4v) is 4.81. The van der Waals surface area contributed by atoms with Crippen LogP contribution >= 0.6 is 0 Å². The molecule has 3 aromatic carbocycles. The SMILES string of the molecule is COc1ccc(-c2cc(OS(=O)(=O)c3ccc(C)cc3)c3c(c2)C2C=CC3O2)cc1. The molecule has 2 aliphatic heterocycles. The van der Waals surface area contributed by atoms with E-state index in [1.807, 2.05) is 49.4 Å². The van der Waals surface area contributed by atoms with Crippen LogP contribution in [0, 0.1) is 6.92 Å². The van der Waals surface area contributed by atoms with Crippen molar-refractivity contribution in [2.24, 2.45) is 0 Å². The highest BCUT2D eigenvalue weighted by molar-refractivity contribution is 7.87. The van der Waals surface area contributed by atoms with Gasteiger partial charge in [-0.25, -0.2) is 0 Å². The number of hydrogen-bond acceptors (Lipinski definition) is 5. The molecule has 3 aromatic rings. The summed E-state index contributed by atoms with van der Waals surface area (Å²) in [5.74, 6) is 1.05. The maximum Gasteiger partial charge on any atom is 0.339 e. The molecule has 30 heavy (non-hydrogen) atoms. The monoisotopic (exact) mass is 420 g/mol. The summed E-state index contributed by atoms with van der Waals surface area (Å²) in [6, 6.07) is 18.0. The number of hydrogen-bond donors (Lipinski definition) is 0. The molecule has 0 aliphatic carbocycles. The highest BCUT2D eigenvalue weighted by Crippen LogP contribution is 2.51. The van der Waals surface area contributed by atoms with Crippen LogP contribution in [0.2, 0.25) is 0 Å². The molecule has 2 unspecified atom stereocenters. The van der Waals surface area contributed by atoms with Crippen molar-refractivity contribution in [3.63, 3.8) is 0 Å². The van der Waals surface area contributed by atoms with Gasteiger partial charge in [0.05, 0.1) is 7.11 Å². The fraction of sp³-hybridized carbons (Fsp3) is 0.167. The Morgan fingerprint density at radius 3 is 2.27 bits per heavy atom. The van der Waals surface area contributed by atoms with Crippen molar-refractivity contribution in [2.75, 3.05) is 7.11 Å². The van der Waals surface area contributed by atoms with Gasteiger partial charge in [-0.3, -0.25) is 0 Å². The van der Waals surface area contributed by atoms with E-state index in [0.717, 1.165) is 33.6 Å². The van der Waals surface area contributed by atoms with Crippen LogP contribution in [0.15, 0.2) is 77.7 Å². The van der Waals surface area contributed by atoms with Crippen LogP contribution < -0.4 is 8.92 Å². The van der Waals surface area contributed by atoms with Gasteiger partial charge >= 0.3 is 10.1 Å². The lowest BCUT2D eigenvalue weighted by atomic mass is 9.92. The van der Waals surface area contributed by atoms with Gasteiger partial charge in [0, 0.05) is 5.56 Å². The summed E-state index contributed by atoms with van der Waals surface area (Å²) < 4.78 is 42.7. The number of rotatable bonds is 5. The van der Waals surface area contributed by atoms with Crippen LogP contribution in [-0.4, -0.2) is 15.5 Å². The van der Waals surface area contributed by atoms with Crippen molar-refractivity contribution in [3.8, 4) is 22.6 Å². The Kier molecular flexibility index (Phi) is 4.41. The maximum absolute atomic E-state index is 13.0. The third-order valence-electron chi connectivity index (χ3n) is 5.45. The second-order valence-electron chi connectivity index (χ2n) is 7.42. The van der Waals surface area contributed by atoms with Crippen LogP contribution in [0.3, 0.4) is 0 Å². The molecule has 6 heteroatoms. The Morgan fingerprint density at radius 1 is 0.867 bits per heavy atom. The van der Waals surface area contributed by atoms with Gasteiger partial charge in [-0.2, -0.15) is 8.42 Å². The minimum Gasteiger partial charge on any atom is -0.497 e. The third-order valence-corrected chi connectivity index (χ3v) is 6.70. The molecule has 2 bridgehead atoms. The Balaban J connectivity index is 1.59. The Morgan fingerprint density at radius 2 is 1.57 bits per heavy atom. The second kappa shape index (κ2) is 7.00. The van der Waals surface area contributed by atoms with Crippen LogP contribution in [0.5, 0.6) is 11.5 Å². The molecule has 0 saturated carbocycles. The topological polar surface area (TPSA) is 61.8 Å². The largest absolute Gasteiger partial charge is 0.497 e. The van der Waals surface area contributed by atoms with E-state index in [1.54, 1.807) is 37.4 Å². The summed E-state index contributed by atoms with van der Waals surface area (Å²) in [7, 11) is -2.36. The summed E-state index contributed by atoms with van der Waals surface area (Å²) >= 11 is 0. The highest BCUT2D eigenvalue weighted by atomic mass is 32.2. The molecule has 0 fully saturated rings. The first kappa shape index (κ1) is 18.9. The molecule has 0 amide bonds. The Bertz CT molecular complexity index is 1240. The molecule has 5 nitrogen and oxygen atoms in total. The predicted octanol–water partition coefficient (Wildman–Crippen LogP) is 5.12. The highest BCUT2D eigenvalue weighted by Gasteiger charge is 2.38. The van der Waals surface area contributed by atoms with E-state index in [2.05, 4.69) is 0 Å². The lowest BCUT2D eigenvalue weighted by Crippen LogP contribution is -2.12. The van der Waals surface area contributed by atoms with E-state index in [4.69, 9.17) is 13.7 Å². The van der Waals surface area contributed by atoms with Crippen molar-refractivity contribution >= 4 is 10.1 Å². The summed E-state index contributed by atoms with van der Waals surface area (Å²) in [6.45, 7) is 1.91. The average molecular weight is 420 g/mol. The van der Waals surface area contributed by atoms with Crippen LogP contribution in [0.25, 0.3) is 11.1 Å². The van der Waals surface area contributed by atoms with Gasteiger partial charge in [0.15, 0.2) is 0 Å². The van der Waals surface area contributed by atoms with Gasteiger partial charge in [-0.05, 0) is 60.0 Å². The molecule has 5 rings (SSSR count). The maximum atomic E-state index is 13.0. The average Bonchev–Trinajstić information content (AvgIpc) is 3.36. The van der Waals surface area contributed by atoms with E-state index in [-0.39, 0.29) is 17.1 Å². The summed E-state index contributed by atoms with van der Waals surface area (Å²) in [5.41, 5.74) is 4.48. The van der Waals surface area contributed by atoms with Gasteiger partial charge in [0.25, 0.3) is 0 Å². The van der Waals surface area contributed by atoms with E-state index in [9.17, 15) is 8.42 Å². The number of benzene rings is 3. The Labute approximate surface area is 175 Å². The van der Waals surface area contributed by atoms with Gasteiger partial charge in [0.1, 0.15) is 28.6 Å². The first-order chi connectivity index (χ1) is 14.4. The first-order valence-electron chi connectivity index (χ1n) is 9.62. The molecule has 0 saturated heterocycles. The number of fused-ring (bicyclic) bond motifs is 5. The molecular weight excluding hydrogens is 400 g/mol. The van der Waals surface area contributed by atoms with Gasteiger partial charge in [-0.15, -0.1) is 0 Å². The van der Waals surface area contributed by atoms with Crippen molar-refractivity contribution in [1.29, 1.82) is 0 Å². The predicted molar refractivity (Wildman–Crippen MR) is 113 cm³/mol. The molecule has 152 valence electrons. The smallest absolute Gasteiger partial charge is 0.339 e. The minimum atomic E-state index is -3.98. The number of aryl methyl sites for hydroxylation is 1. The van der Waals surface area contributed by atoms with E-state index in [1.165, 1.54) is 0 Å². The molecular formula is C24H20O5S. The Hall–Kier alpha value is -3.09. The van der Waals surface area contributed by atoms with Crippen molar-refractivity contribution in [3.05, 3.63) is 89.5 Å². The quantitative estimate of drug-likeness (QED) is 0.423. The van der Waals surface area contributed by atoms with E-state index in [0.29, 0.717) is 5.75 Å². The first-order valence-corrected chi connectivity index (χ1v) is 11.0. The van der Waals surface area contributed by atoms with Gasteiger partial charge in [0.2, 0.25) is 0 Å². The van der Waals surface area contributed by atoms with Crippen molar-refractivity contribution < 1.29 is 22.1 Å². The lowest BCUT2D eigenvalue weighted by Gasteiger charge is -2.17. The van der Waals surface area contributed by atoms with Crippen molar-refractivity contribution in [1.82, 2.24) is 0 Å². The van der Waals surface area contributed by atoms with Crippen LogP contribution in [0.4, 0.5) is 0 Å². The summed E-state index contributed by atoms with van der Waals surface area (Å²) in [5, 5.41) is 0. The molecule has 2 atom stereocenters. The van der Waals surface area contributed by atoms with E-state index < -0.39 is 10.1 Å². The van der Waals surface area contributed by atoms with Crippen LogP contribution in [-0.2, 0) is 14.9 Å². The van der Waals surface area contributed by atoms with Gasteiger partial charge in [-0.1, -0.05) is 42.0 Å². The third kappa shape index (κ3) is 3.18. The van der Waals surface area contributed by atoms with Gasteiger partial charge < -0.3 is 13.7 Å². The van der Waals surface area contributed by atoms with E-state index >= 15 is 0 Å².